The van der Waals surface area contributed by atoms with Crippen molar-refractivity contribution in [2.24, 2.45) is 5.73 Å². The SMILES string of the molecule is Cc1nc(C(F)(F)F)ccc1C(=O)N1C[C@@H](N)[C@H](c2ccccc2)C1. The predicted molar refractivity (Wildman–Crippen MR) is 87.0 cm³/mol. The molecule has 1 aromatic carbocycles. The van der Waals surface area contributed by atoms with Gasteiger partial charge in [-0.2, -0.15) is 13.2 Å². The van der Waals surface area contributed by atoms with Gasteiger partial charge in [-0.05, 0) is 24.6 Å². The second-order valence-corrected chi connectivity index (χ2v) is 6.22. The molecule has 0 unspecified atom stereocenters. The maximum atomic E-state index is 12.7. The van der Waals surface area contributed by atoms with Gasteiger partial charge in [0.05, 0.1) is 11.3 Å². The van der Waals surface area contributed by atoms with E-state index in [9.17, 15) is 18.0 Å². The van der Waals surface area contributed by atoms with Crippen LogP contribution in [0.15, 0.2) is 42.5 Å². The van der Waals surface area contributed by atoms with Crippen molar-refractivity contribution in [1.82, 2.24) is 9.88 Å². The van der Waals surface area contributed by atoms with E-state index in [-0.39, 0.29) is 29.1 Å². The molecule has 3 rings (SSSR count). The highest BCUT2D eigenvalue weighted by atomic mass is 19.4. The number of amides is 1. The number of aryl methyl sites for hydroxylation is 1. The molecule has 4 nitrogen and oxygen atoms in total. The van der Waals surface area contributed by atoms with Crippen LogP contribution in [-0.2, 0) is 6.18 Å². The number of carbonyl (C=O) groups is 1. The van der Waals surface area contributed by atoms with Gasteiger partial charge in [0.2, 0.25) is 0 Å². The molecule has 1 amide bonds. The van der Waals surface area contributed by atoms with E-state index in [0.29, 0.717) is 13.1 Å². The molecule has 0 radical (unpaired) electrons. The van der Waals surface area contributed by atoms with Crippen LogP contribution in [0.5, 0.6) is 0 Å². The number of carbonyl (C=O) groups excluding carboxylic acids is 1. The van der Waals surface area contributed by atoms with Crippen molar-refractivity contribution < 1.29 is 18.0 Å². The molecule has 2 atom stereocenters. The second kappa shape index (κ2) is 6.48. The third-order valence-electron chi connectivity index (χ3n) is 4.49. The van der Waals surface area contributed by atoms with Gasteiger partial charge in [0.25, 0.3) is 5.91 Å². The van der Waals surface area contributed by atoms with E-state index < -0.39 is 11.9 Å². The number of halogens is 3. The molecular formula is C18H18F3N3O. The van der Waals surface area contributed by atoms with Crippen molar-refractivity contribution >= 4 is 5.91 Å². The number of rotatable bonds is 2. The van der Waals surface area contributed by atoms with E-state index in [4.69, 9.17) is 5.73 Å². The molecule has 0 aliphatic carbocycles. The highest BCUT2D eigenvalue weighted by Gasteiger charge is 2.36. The Balaban J connectivity index is 1.80. The molecular weight excluding hydrogens is 331 g/mol. The molecule has 0 saturated carbocycles. The number of alkyl halides is 3. The summed E-state index contributed by atoms with van der Waals surface area (Å²) in [5.41, 5.74) is 6.47. The lowest BCUT2D eigenvalue weighted by molar-refractivity contribution is -0.141. The van der Waals surface area contributed by atoms with Crippen LogP contribution in [0.4, 0.5) is 13.2 Å². The Morgan fingerprint density at radius 1 is 1.16 bits per heavy atom. The topological polar surface area (TPSA) is 59.2 Å². The molecule has 2 N–H and O–H groups in total. The summed E-state index contributed by atoms with van der Waals surface area (Å²) in [6.45, 7) is 2.20. The minimum Gasteiger partial charge on any atom is -0.336 e. The van der Waals surface area contributed by atoms with Gasteiger partial charge in [0.1, 0.15) is 5.69 Å². The molecule has 1 aliphatic rings. The van der Waals surface area contributed by atoms with E-state index in [0.717, 1.165) is 11.6 Å². The molecule has 2 aromatic rings. The van der Waals surface area contributed by atoms with Gasteiger partial charge in [0, 0.05) is 25.0 Å². The summed E-state index contributed by atoms with van der Waals surface area (Å²) in [4.78, 5) is 17.8. The standard InChI is InChI=1S/C18H18F3N3O/c1-11-13(7-8-16(23-11)18(19,20)21)17(25)24-9-14(15(22)10-24)12-5-3-2-4-6-12/h2-8,14-15H,9-10,22H2,1H3/t14-,15+/m0/s1. The quantitative estimate of drug-likeness (QED) is 0.907. The van der Waals surface area contributed by atoms with Gasteiger partial charge < -0.3 is 10.6 Å². The molecule has 1 aliphatic heterocycles. The average molecular weight is 349 g/mol. The highest BCUT2D eigenvalue weighted by molar-refractivity contribution is 5.95. The summed E-state index contributed by atoms with van der Waals surface area (Å²) < 4.78 is 38.2. The van der Waals surface area contributed by atoms with E-state index in [2.05, 4.69) is 4.98 Å². The average Bonchev–Trinajstić information content (AvgIpc) is 2.96. The van der Waals surface area contributed by atoms with Crippen LogP contribution >= 0.6 is 0 Å². The number of hydrogen-bond donors (Lipinski definition) is 1. The van der Waals surface area contributed by atoms with E-state index in [1.165, 1.54) is 13.0 Å². The zero-order chi connectivity index (χ0) is 18.2. The Morgan fingerprint density at radius 2 is 1.84 bits per heavy atom. The summed E-state index contributed by atoms with van der Waals surface area (Å²) >= 11 is 0. The van der Waals surface area contributed by atoms with Crippen molar-refractivity contribution in [2.45, 2.75) is 25.1 Å². The molecule has 0 bridgehead atoms. The van der Waals surface area contributed by atoms with Crippen LogP contribution in [-0.4, -0.2) is 34.9 Å². The predicted octanol–water partition coefficient (Wildman–Crippen LogP) is 2.98. The van der Waals surface area contributed by atoms with Gasteiger partial charge in [0.15, 0.2) is 0 Å². The van der Waals surface area contributed by atoms with Gasteiger partial charge in [-0.1, -0.05) is 30.3 Å². The maximum Gasteiger partial charge on any atom is 0.433 e. The summed E-state index contributed by atoms with van der Waals surface area (Å²) in [5.74, 6) is -0.333. The Labute approximate surface area is 143 Å². The monoisotopic (exact) mass is 349 g/mol. The van der Waals surface area contributed by atoms with Crippen LogP contribution < -0.4 is 5.73 Å². The molecule has 1 saturated heterocycles. The number of aromatic nitrogens is 1. The van der Waals surface area contributed by atoms with Gasteiger partial charge in [-0.3, -0.25) is 4.79 Å². The summed E-state index contributed by atoms with van der Waals surface area (Å²) in [6.07, 6.45) is -4.53. The highest BCUT2D eigenvalue weighted by Crippen LogP contribution is 2.30. The van der Waals surface area contributed by atoms with Gasteiger partial charge >= 0.3 is 6.18 Å². The third kappa shape index (κ3) is 3.51. The van der Waals surface area contributed by atoms with Crippen LogP contribution in [0.1, 0.15) is 33.2 Å². The van der Waals surface area contributed by atoms with Gasteiger partial charge in [-0.25, -0.2) is 4.98 Å². The Kier molecular flexibility index (Phi) is 4.51. The normalized spacial score (nSPS) is 20.8. The Bertz CT molecular complexity index is 777. The molecule has 132 valence electrons. The second-order valence-electron chi connectivity index (χ2n) is 6.22. The Morgan fingerprint density at radius 3 is 2.44 bits per heavy atom. The number of nitrogens with two attached hydrogens (primary N) is 1. The number of pyridine rings is 1. The first kappa shape index (κ1) is 17.4. The van der Waals surface area contributed by atoms with E-state index in [1.807, 2.05) is 30.3 Å². The lowest BCUT2D eigenvalue weighted by atomic mass is 9.95. The molecule has 1 fully saturated rings. The van der Waals surface area contributed by atoms with Crippen molar-refractivity contribution in [3.05, 3.63) is 65.0 Å². The fourth-order valence-electron chi connectivity index (χ4n) is 3.16. The smallest absolute Gasteiger partial charge is 0.336 e. The minimum absolute atomic E-state index is 0.00728. The fourth-order valence-corrected chi connectivity index (χ4v) is 3.16. The zero-order valence-electron chi connectivity index (χ0n) is 13.6. The van der Waals surface area contributed by atoms with Crippen LogP contribution in [0, 0.1) is 6.92 Å². The molecule has 7 heteroatoms. The van der Waals surface area contributed by atoms with Crippen LogP contribution in [0.25, 0.3) is 0 Å². The number of nitrogens with zero attached hydrogens (tertiary/aromatic N) is 2. The first-order valence-electron chi connectivity index (χ1n) is 7.92. The van der Waals surface area contributed by atoms with E-state index >= 15 is 0 Å². The summed E-state index contributed by atoms with van der Waals surface area (Å²) in [7, 11) is 0. The minimum atomic E-state index is -4.53. The largest absolute Gasteiger partial charge is 0.433 e. The van der Waals surface area contributed by atoms with Gasteiger partial charge in [-0.15, -0.1) is 0 Å². The van der Waals surface area contributed by atoms with Crippen molar-refractivity contribution in [1.29, 1.82) is 0 Å². The first-order valence-corrected chi connectivity index (χ1v) is 7.92. The number of benzene rings is 1. The Hall–Kier alpha value is -2.41. The zero-order valence-corrected chi connectivity index (χ0v) is 13.6. The molecule has 25 heavy (non-hydrogen) atoms. The van der Waals surface area contributed by atoms with Crippen molar-refractivity contribution in [2.75, 3.05) is 13.1 Å². The van der Waals surface area contributed by atoms with Crippen molar-refractivity contribution in [3.63, 3.8) is 0 Å². The van der Waals surface area contributed by atoms with E-state index in [1.54, 1.807) is 4.90 Å². The summed E-state index contributed by atoms with van der Waals surface area (Å²) in [6, 6.07) is 11.5. The van der Waals surface area contributed by atoms with Crippen LogP contribution in [0.2, 0.25) is 0 Å². The lowest BCUT2D eigenvalue weighted by Gasteiger charge is -2.18. The molecule has 0 spiro atoms. The molecule has 2 heterocycles. The third-order valence-corrected chi connectivity index (χ3v) is 4.49. The van der Waals surface area contributed by atoms with Crippen LogP contribution in [0.3, 0.4) is 0 Å². The number of hydrogen-bond acceptors (Lipinski definition) is 3. The van der Waals surface area contributed by atoms with Crippen molar-refractivity contribution in [3.8, 4) is 0 Å². The fraction of sp³-hybridized carbons (Fsp3) is 0.333. The first-order chi connectivity index (χ1) is 11.8. The molecule has 1 aromatic heterocycles. The number of likely N-dealkylation sites (tertiary alicyclic amines) is 1. The lowest BCUT2D eigenvalue weighted by Crippen LogP contribution is -2.32. The summed E-state index contributed by atoms with van der Waals surface area (Å²) in [5, 5.41) is 0. The maximum absolute atomic E-state index is 12.7.